The van der Waals surface area contributed by atoms with E-state index in [0.717, 1.165) is 11.3 Å². The van der Waals surface area contributed by atoms with Gasteiger partial charge in [-0.3, -0.25) is 4.99 Å². The Morgan fingerprint density at radius 2 is 2.06 bits per heavy atom. The van der Waals surface area contributed by atoms with Crippen LogP contribution in [0.15, 0.2) is 29.3 Å². The Hall–Kier alpha value is -1.59. The number of benzene rings is 1. The van der Waals surface area contributed by atoms with Crippen molar-refractivity contribution < 1.29 is 9.47 Å². The molecule has 1 aromatic rings. The summed E-state index contributed by atoms with van der Waals surface area (Å²) in [6.45, 7) is 1.64. The minimum atomic E-state index is 0.380. The molecule has 1 aromatic carbocycles. The fraction of sp³-hybridized carbons (Fsp3) is 0.417. The van der Waals surface area contributed by atoms with Crippen LogP contribution in [-0.4, -0.2) is 33.3 Å². The normalized spacial score (nSPS) is 11.5. The van der Waals surface area contributed by atoms with Crippen molar-refractivity contribution in [3.05, 3.63) is 29.8 Å². The molecule has 3 N–H and O–H groups in total. The molecule has 0 radical (unpaired) electrons. The lowest BCUT2D eigenvalue weighted by Crippen LogP contribution is -2.24. The molecule has 0 aromatic heterocycles. The van der Waals surface area contributed by atoms with Crippen LogP contribution in [0.25, 0.3) is 0 Å². The second-order valence-electron chi connectivity index (χ2n) is 3.47. The molecular formula is C12H19N3O2. The van der Waals surface area contributed by atoms with Crippen molar-refractivity contribution in [3.63, 3.8) is 0 Å². The zero-order valence-corrected chi connectivity index (χ0v) is 10.3. The molecule has 94 valence electrons. The van der Waals surface area contributed by atoms with E-state index in [0.29, 0.717) is 25.7 Å². The molecule has 1 rings (SSSR count). The number of ether oxygens (including phenoxy) is 2. The molecule has 0 heterocycles. The fourth-order valence-electron chi connectivity index (χ4n) is 1.36. The average molecular weight is 237 g/mol. The number of guanidine groups is 1. The molecule has 0 bridgehead atoms. The number of aliphatic imine (C=N–C) groups is 1. The maximum atomic E-state index is 5.75. The Labute approximate surface area is 102 Å². The van der Waals surface area contributed by atoms with Crippen LogP contribution in [0, 0.1) is 0 Å². The average Bonchev–Trinajstić information content (AvgIpc) is 2.32. The molecule has 5 heteroatoms. The van der Waals surface area contributed by atoms with Gasteiger partial charge in [0.15, 0.2) is 5.96 Å². The second-order valence-corrected chi connectivity index (χ2v) is 3.47. The second kappa shape index (κ2) is 7.65. The summed E-state index contributed by atoms with van der Waals surface area (Å²) in [6.07, 6.45) is 0. The molecule has 5 nitrogen and oxygen atoms in total. The van der Waals surface area contributed by atoms with Crippen molar-refractivity contribution in [1.29, 1.82) is 0 Å². The quantitative estimate of drug-likeness (QED) is 0.443. The van der Waals surface area contributed by atoms with E-state index in [1.54, 1.807) is 14.2 Å². The number of anilines is 1. The topological polar surface area (TPSA) is 68.9 Å². The van der Waals surface area contributed by atoms with E-state index in [1.807, 2.05) is 24.3 Å². The number of nitrogens with zero attached hydrogens (tertiary/aromatic N) is 1. The predicted octanol–water partition coefficient (Wildman–Crippen LogP) is 1.21. The number of para-hydroxylation sites is 1. The minimum absolute atomic E-state index is 0.380. The summed E-state index contributed by atoms with van der Waals surface area (Å²) in [6, 6.07) is 7.81. The molecular weight excluding hydrogens is 218 g/mol. The van der Waals surface area contributed by atoms with Crippen molar-refractivity contribution in [2.24, 2.45) is 10.7 Å². The number of hydrogen-bond donors (Lipinski definition) is 2. The summed E-state index contributed by atoms with van der Waals surface area (Å²) < 4.78 is 10.0. The maximum absolute atomic E-state index is 5.75. The summed E-state index contributed by atoms with van der Waals surface area (Å²) in [5, 5.41) is 3.05. The zero-order chi connectivity index (χ0) is 12.5. The molecule has 17 heavy (non-hydrogen) atoms. The van der Waals surface area contributed by atoms with Crippen molar-refractivity contribution in [2.75, 3.05) is 32.7 Å². The van der Waals surface area contributed by atoms with Gasteiger partial charge < -0.3 is 20.5 Å². The van der Waals surface area contributed by atoms with Gasteiger partial charge >= 0.3 is 0 Å². The van der Waals surface area contributed by atoms with Gasteiger partial charge in [0, 0.05) is 25.5 Å². The monoisotopic (exact) mass is 237 g/mol. The summed E-state index contributed by atoms with van der Waals surface area (Å²) >= 11 is 0. The summed E-state index contributed by atoms with van der Waals surface area (Å²) in [7, 11) is 3.29. The standard InChI is InChI=1S/C12H19N3O2/c1-16-8-7-14-12(13)15-11-6-4-3-5-10(11)9-17-2/h3-6H,7-9H2,1-2H3,(H3,13,14,15). The maximum Gasteiger partial charge on any atom is 0.193 e. The molecule has 0 amide bonds. The molecule has 0 aliphatic rings. The third-order valence-corrected chi connectivity index (χ3v) is 2.16. The lowest BCUT2D eigenvalue weighted by molar-refractivity contribution is 0.185. The third-order valence-electron chi connectivity index (χ3n) is 2.16. The summed E-state index contributed by atoms with van der Waals surface area (Å²) in [5.74, 6) is 0.380. The van der Waals surface area contributed by atoms with Crippen LogP contribution in [0.5, 0.6) is 0 Å². The van der Waals surface area contributed by atoms with E-state index in [-0.39, 0.29) is 0 Å². The molecule has 0 aliphatic heterocycles. The molecule has 0 fully saturated rings. The van der Waals surface area contributed by atoms with Crippen LogP contribution in [0.1, 0.15) is 5.56 Å². The first-order valence-electron chi connectivity index (χ1n) is 5.40. The minimum Gasteiger partial charge on any atom is -0.383 e. The fourth-order valence-corrected chi connectivity index (χ4v) is 1.36. The Balaban J connectivity index is 2.63. The Morgan fingerprint density at radius 3 is 2.76 bits per heavy atom. The first-order valence-corrected chi connectivity index (χ1v) is 5.40. The SMILES string of the molecule is COCCN=C(N)Nc1ccccc1COC. The lowest BCUT2D eigenvalue weighted by Gasteiger charge is -2.10. The summed E-state index contributed by atoms with van der Waals surface area (Å²) in [5.41, 5.74) is 7.71. The Bertz CT molecular complexity index is 367. The highest BCUT2D eigenvalue weighted by Crippen LogP contribution is 2.15. The summed E-state index contributed by atoms with van der Waals surface area (Å²) in [4.78, 5) is 4.13. The molecule has 0 saturated carbocycles. The van der Waals surface area contributed by atoms with Crippen LogP contribution >= 0.6 is 0 Å². The van der Waals surface area contributed by atoms with Crippen molar-refractivity contribution in [1.82, 2.24) is 0 Å². The molecule has 0 atom stereocenters. The van der Waals surface area contributed by atoms with Crippen LogP contribution in [0.3, 0.4) is 0 Å². The van der Waals surface area contributed by atoms with Crippen molar-refractivity contribution in [2.45, 2.75) is 6.61 Å². The van der Waals surface area contributed by atoms with E-state index in [4.69, 9.17) is 15.2 Å². The van der Waals surface area contributed by atoms with Crippen LogP contribution < -0.4 is 11.1 Å². The van der Waals surface area contributed by atoms with Gasteiger partial charge in [-0.1, -0.05) is 18.2 Å². The number of rotatable bonds is 6. The first-order chi connectivity index (χ1) is 8.27. The van der Waals surface area contributed by atoms with Gasteiger partial charge in [0.05, 0.1) is 19.8 Å². The van der Waals surface area contributed by atoms with E-state index >= 15 is 0 Å². The Morgan fingerprint density at radius 1 is 1.29 bits per heavy atom. The Kier molecular flexibility index (Phi) is 6.06. The molecule has 0 unspecified atom stereocenters. The molecule has 0 spiro atoms. The van der Waals surface area contributed by atoms with Crippen LogP contribution in [0.2, 0.25) is 0 Å². The highest BCUT2D eigenvalue weighted by atomic mass is 16.5. The molecule has 0 saturated heterocycles. The number of nitrogens with one attached hydrogen (secondary N) is 1. The van der Waals surface area contributed by atoms with Gasteiger partial charge in [0.2, 0.25) is 0 Å². The van der Waals surface area contributed by atoms with E-state index in [2.05, 4.69) is 10.3 Å². The van der Waals surface area contributed by atoms with Gasteiger partial charge in [-0.2, -0.15) is 0 Å². The zero-order valence-electron chi connectivity index (χ0n) is 10.3. The highest BCUT2D eigenvalue weighted by molar-refractivity contribution is 5.92. The first kappa shape index (κ1) is 13.5. The van der Waals surface area contributed by atoms with Crippen LogP contribution in [-0.2, 0) is 16.1 Å². The van der Waals surface area contributed by atoms with Gasteiger partial charge in [-0.05, 0) is 6.07 Å². The number of nitrogens with two attached hydrogens (primary N) is 1. The molecule has 0 aliphatic carbocycles. The largest absolute Gasteiger partial charge is 0.383 e. The highest BCUT2D eigenvalue weighted by Gasteiger charge is 2.01. The van der Waals surface area contributed by atoms with Crippen molar-refractivity contribution in [3.8, 4) is 0 Å². The van der Waals surface area contributed by atoms with Crippen molar-refractivity contribution >= 4 is 11.6 Å². The van der Waals surface area contributed by atoms with E-state index in [1.165, 1.54) is 0 Å². The smallest absolute Gasteiger partial charge is 0.193 e. The van der Waals surface area contributed by atoms with E-state index < -0.39 is 0 Å². The number of methoxy groups -OCH3 is 2. The van der Waals surface area contributed by atoms with Gasteiger partial charge in [0.1, 0.15) is 0 Å². The van der Waals surface area contributed by atoms with Gasteiger partial charge in [0.25, 0.3) is 0 Å². The predicted molar refractivity (Wildman–Crippen MR) is 69.1 cm³/mol. The number of hydrogen-bond acceptors (Lipinski definition) is 3. The van der Waals surface area contributed by atoms with E-state index in [9.17, 15) is 0 Å². The third kappa shape index (κ3) is 4.84. The van der Waals surface area contributed by atoms with Gasteiger partial charge in [-0.15, -0.1) is 0 Å². The lowest BCUT2D eigenvalue weighted by atomic mass is 10.2. The van der Waals surface area contributed by atoms with Crippen LogP contribution in [0.4, 0.5) is 5.69 Å². The van der Waals surface area contributed by atoms with Gasteiger partial charge in [-0.25, -0.2) is 0 Å².